The van der Waals surface area contributed by atoms with Crippen LogP contribution in [0.15, 0.2) is 18.2 Å². The summed E-state index contributed by atoms with van der Waals surface area (Å²) in [6.07, 6.45) is 2.96. The summed E-state index contributed by atoms with van der Waals surface area (Å²) in [6.45, 7) is 2.64. The minimum atomic E-state index is -0.380. The van der Waals surface area contributed by atoms with Crippen LogP contribution in [0.4, 0.5) is 10.1 Å². The molecular formula is C13H17FN2O. The van der Waals surface area contributed by atoms with E-state index >= 15 is 0 Å². The number of amides is 1. The van der Waals surface area contributed by atoms with Gasteiger partial charge in [0.25, 0.3) is 0 Å². The van der Waals surface area contributed by atoms with E-state index in [0.717, 1.165) is 31.4 Å². The maximum absolute atomic E-state index is 13.5. The Bertz CT molecular complexity index is 394. The maximum atomic E-state index is 13.5. The fourth-order valence-electron chi connectivity index (χ4n) is 2.08. The molecule has 0 spiro atoms. The Morgan fingerprint density at radius 3 is 2.94 bits per heavy atom. The van der Waals surface area contributed by atoms with Crippen molar-refractivity contribution in [1.29, 1.82) is 0 Å². The van der Waals surface area contributed by atoms with Crippen molar-refractivity contribution in [2.75, 3.05) is 11.9 Å². The van der Waals surface area contributed by atoms with Crippen LogP contribution >= 0.6 is 0 Å². The van der Waals surface area contributed by atoms with E-state index in [-0.39, 0.29) is 17.8 Å². The SMILES string of the molecule is Cc1cccc(F)c1NC(=O)C1CCCCN1. The molecule has 17 heavy (non-hydrogen) atoms. The van der Waals surface area contributed by atoms with E-state index in [2.05, 4.69) is 10.6 Å². The van der Waals surface area contributed by atoms with Crippen molar-refractivity contribution in [2.45, 2.75) is 32.2 Å². The van der Waals surface area contributed by atoms with Gasteiger partial charge in [0, 0.05) is 0 Å². The molecule has 1 amide bonds. The Balaban J connectivity index is 2.07. The van der Waals surface area contributed by atoms with Crippen LogP contribution in [0.5, 0.6) is 0 Å². The molecule has 1 fully saturated rings. The van der Waals surface area contributed by atoms with Crippen molar-refractivity contribution in [3.8, 4) is 0 Å². The van der Waals surface area contributed by atoms with Crippen LogP contribution in [0.25, 0.3) is 0 Å². The Labute approximate surface area is 100 Å². The van der Waals surface area contributed by atoms with Crippen molar-refractivity contribution in [2.24, 2.45) is 0 Å². The number of benzene rings is 1. The summed E-state index contributed by atoms with van der Waals surface area (Å²) < 4.78 is 13.5. The molecule has 1 atom stereocenters. The van der Waals surface area contributed by atoms with E-state index in [9.17, 15) is 9.18 Å². The summed E-state index contributed by atoms with van der Waals surface area (Å²) >= 11 is 0. The number of rotatable bonds is 2. The molecule has 3 nitrogen and oxygen atoms in total. The Morgan fingerprint density at radius 1 is 1.47 bits per heavy atom. The van der Waals surface area contributed by atoms with E-state index in [0.29, 0.717) is 5.69 Å². The molecule has 0 aromatic heterocycles. The largest absolute Gasteiger partial charge is 0.322 e. The van der Waals surface area contributed by atoms with Crippen LogP contribution in [0.2, 0.25) is 0 Å². The lowest BCUT2D eigenvalue weighted by molar-refractivity contribution is -0.118. The lowest BCUT2D eigenvalue weighted by atomic mass is 10.0. The quantitative estimate of drug-likeness (QED) is 0.826. The fourth-order valence-corrected chi connectivity index (χ4v) is 2.08. The molecule has 0 saturated carbocycles. The first kappa shape index (κ1) is 12.0. The topological polar surface area (TPSA) is 41.1 Å². The summed E-state index contributed by atoms with van der Waals surface area (Å²) in [5.41, 5.74) is 1.04. The number of aryl methyl sites for hydroxylation is 1. The van der Waals surface area contributed by atoms with E-state index in [1.807, 2.05) is 0 Å². The average Bonchev–Trinajstić information content (AvgIpc) is 2.35. The number of piperidine rings is 1. The molecule has 92 valence electrons. The molecular weight excluding hydrogens is 219 g/mol. The highest BCUT2D eigenvalue weighted by atomic mass is 19.1. The molecule has 2 rings (SSSR count). The van der Waals surface area contributed by atoms with Crippen LogP contribution in [0.1, 0.15) is 24.8 Å². The Hall–Kier alpha value is -1.42. The molecule has 2 N–H and O–H groups in total. The normalized spacial score (nSPS) is 20.0. The van der Waals surface area contributed by atoms with Gasteiger partial charge in [-0.3, -0.25) is 4.79 Å². The van der Waals surface area contributed by atoms with E-state index in [1.54, 1.807) is 19.1 Å². The second-order valence-corrected chi connectivity index (χ2v) is 4.42. The molecule has 1 aliphatic rings. The number of carbonyl (C=O) groups excluding carboxylic acids is 1. The standard InChI is InChI=1S/C13H17FN2O/c1-9-5-4-6-10(14)12(9)16-13(17)11-7-2-3-8-15-11/h4-6,11,15H,2-3,7-8H2,1H3,(H,16,17). The monoisotopic (exact) mass is 236 g/mol. The summed E-state index contributed by atoms with van der Waals surface area (Å²) in [5, 5.41) is 5.82. The Morgan fingerprint density at radius 2 is 2.29 bits per heavy atom. The van der Waals surface area contributed by atoms with Crippen LogP contribution in [0.3, 0.4) is 0 Å². The fraction of sp³-hybridized carbons (Fsp3) is 0.462. The van der Waals surface area contributed by atoms with E-state index in [1.165, 1.54) is 6.07 Å². The van der Waals surface area contributed by atoms with Crippen LogP contribution in [-0.2, 0) is 4.79 Å². The van der Waals surface area contributed by atoms with Crippen molar-refractivity contribution in [3.05, 3.63) is 29.6 Å². The number of hydrogen-bond acceptors (Lipinski definition) is 2. The molecule has 1 aromatic rings. The number of halogens is 1. The van der Waals surface area contributed by atoms with E-state index < -0.39 is 0 Å². The highest BCUT2D eigenvalue weighted by Gasteiger charge is 2.21. The highest BCUT2D eigenvalue weighted by molar-refractivity contribution is 5.95. The molecule has 1 saturated heterocycles. The minimum Gasteiger partial charge on any atom is -0.322 e. The van der Waals surface area contributed by atoms with Gasteiger partial charge in [0.05, 0.1) is 11.7 Å². The molecule has 0 aliphatic carbocycles. The summed E-state index contributed by atoms with van der Waals surface area (Å²) in [4.78, 5) is 11.9. The van der Waals surface area contributed by atoms with Crippen LogP contribution < -0.4 is 10.6 Å². The first-order valence-corrected chi connectivity index (χ1v) is 5.98. The predicted molar refractivity (Wildman–Crippen MR) is 65.4 cm³/mol. The zero-order valence-corrected chi connectivity index (χ0v) is 9.92. The van der Waals surface area contributed by atoms with Gasteiger partial charge in [-0.15, -0.1) is 0 Å². The van der Waals surface area contributed by atoms with Gasteiger partial charge in [-0.2, -0.15) is 0 Å². The van der Waals surface area contributed by atoms with Crippen molar-refractivity contribution in [1.82, 2.24) is 5.32 Å². The predicted octanol–water partition coefficient (Wildman–Crippen LogP) is 2.21. The third kappa shape index (κ3) is 2.82. The molecule has 1 aliphatic heterocycles. The van der Waals surface area contributed by atoms with Gasteiger partial charge < -0.3 is 10.6 Å². The average molecular weight is 236 g/mol. The minimum absolute atomic E-state index is 0.141. The summed E-state index contributed by atoms with van der Waals surface area (Å²) in [6, 6.07) is 4.59. The third-order valence-electron chi connectivity index (χ3n) is 3.10. The van der Waals surface area contributed by atoms with Gasteiger partial charge in [0.1, 0.15) is 5.82 Å². The van der Waals surface area contributed by atoms with Crippen LogP contribution in [0, 0.1) is 12.7 Å². The highest BCUT2D eigenvalue weighted by Crippen LogP contribution is 2.19. The molecule has 0 radical (unpaired) electrons. The van der Waals surface area contributed by atoms with Crippen molar-refractivity contribution in [3.63, 3.8) is 0 Å². The Kier molecular flexibility index (Phi) is 3.74. The number of carbonyl (C=O) groups is 1. The molecule has 4 heteroatoms. The molecule has 1 aromatic carbocycles. The summed E-state index contributed by atoms with van der Waals surface area (Å²) in [5.74, 6) is -0.521. The smallest absolute Gasteiger partial charge is 0.241 e. The lowest BCUT2D eigenvalue weighted by Gasteiger charge is -2.23. The number of nitrogens with one attached hydrogen (secondary N) is 2. The first-order chi connectivity index (χ1) is 8.18. The number of para-hydroxylation sites is 1. The maximum Gasteiger partial charge on any atom is 0.241 e. The first-order valence-electron chi connectivity index (χ1n) is 5.98. The van der Waals surface area contributed by atoms with Crippen molar-refractivity contribution < 1.29 is 9.18 Å². The zero-order chi connectivity index (χ0) is 12.3. The van der Waals surface area contributed by atoms with Gasteiger partial charge in [-0.05, 0) is 37.9 Å². The molecule has 1 unspecified atom stereocenters. The van der Waals surface area contributed by atoms with Gasteiger partial charge in [-0.25, -0.2) is 4.39 Å². The zero-order valence-electron chi connectivity index (χ0n) is 9.92. The van der Waals surface area contributed by atoms with Gasteiger partial charge >= 0.3 is 0 Å². The lowest BCUT2D eigenvalue weighted by Crippen LogP contribution is -2.43. The van der Waals surface area contributed by atoms with Gasteiger partial charge in [0.15, 0.2) is 0 Å². The van der Waals surface area contributed by atoms with Gasteiger partial charge in [0.2, 0.25) is 5.91 Å². The molecule has 1 heterocycles. The second kappa shape index (κ2) is 5.27. The third-order valence-corrected chi connectivity index (χ3v) is 3.10. The summed E-state index contributed by atoms with van der Waals surface area (Å²) in [7, 11) is 0. The number of anilines is 1. The van der Waals surface area contributed by atoms with E-state index in [4.69, 9.17) is 0 Å². The van der Waals surface area contributed by atoms with Crippen LogP contribution in [-0.4, -0.2) is 18.5 Å². The van der Waals surface area contributed by atoms with Gasteiger partial charge in [-0.1, -0.05) is 18.6 Å². The van der Waals surface area contributed by atoms with Crippen molar-refractivity contribution >= 4 is 11.6 Å². The second-order valence-electron chi connectivity index (χ2n) is 4.42. The molecule has 0 bridgehead atoms. The number of hydrogen-bond donors (Lipinski definition) is 2.